The molecule has 0 atom stereocenters. The highest BCUT2D eigenvalue weighted by atomic mass is 19.1. The van der Waals surface area contributed by atoms with Crippen molar-refractivity contribution in [3.63, 3.8) is 0 Å². The van der Waals surface area contributed by atoms with Gasteiger partial charge in [-0.05, 0) is 25.1 Å². The smallest absolute Gasteiger partial charge is 0.330 e. The molecule has 0 radical (unpaired) electrons. The first-order valence-electron chi connectivity index (χ1n) is 5.81. The van der Waals surface area contributed by atoms with Gasteiger partial charge in [-0.1, -0.05) is 0 Å². The van der Waals surface area contributed by atoms with Crippen LogP contribution in [0, 0.1) is 17.1 Å². The van der Waals surface area contributed by atoms with E-state index in [0.29, 0.717) is 5.69 Å². The fraction of sp³-hybridized carbons (Fsp3) is 0.214. The minimum Gasteiger partial charge on any atom is -0.463 e. The van der Waals surface area contributed by atoms with E-state index in [4.69, 9.17) is 5.26 Å². The third-order valence-corrected chi connectivity index (χ3v) is 2.44. The van der Waals surface area contributed by atoms with Gasteiger partial charge in [0.15, 0.2) is 0 Å². The van der Waals surface area contributed by atoms with E-state index in [9.17, 15) is 14.0 Å². The Hall–Kier alpha value is -2.68. The largest absolute Gasteiger partial charge is 0.463 e. The Labute approximate surface area is 115 Å². The molecule has 20 heavy (non-hydrogen) atoms. The number of hydrogen-bond acceptors (Lipinski definition) is 4. The summed E-state index contributed by atoms with van der Waals surface area (Å²) in [4.78, 5) is 24.1. The van der Waals surface area contributed by atoms with E-state index >= 15 is 0 Å². The minimum atomic E-state index is -0.654. The fourth-order valence-corrected chi connectivity index (χ4v) is 1.38. The van der Waals surface area contributed by atoms with Crippen molar-refractivity contribution in [2.24, 2.45) is 0 Å². The molecular weight excluding hydrogens is 263 g/mol. The van der Waals surface area contributed by atoms with E-state index in [2.05, 4.69) is 4.74 Å². The highest BCUT2D eigenvalue weighted by molar-refractivity contribution is 6.03. The van der Waals surface area contributed by atoms with Crippen LogP contribution in [0.2, 0.25) is 0 Å². The number of likely N-dealkylation sites (N-methyl/N-ethyl adjacent to an activating group) is 1. The van der Waals surface area contributed by atoms with Gasteiger partial charge in [0.05, 0.1) is 12.2 Å². The summed E-state index contributed by atoms with van der Waals surface area (Å²) in [7, 11) is 1.45. The van der Waals surface area contributed by atoms with Crippen LogP contribution in [0.15, 0.2) is 30.4 Å². The lowest BCUT2D eigenvalue weighted by Gasteiger charge is -2.15. The maximum absolute atomic E-state index is 13.2. The van der Waals surface area contributed by atoms with Crippen molar-refractivity contribution in [1.82, 2.24) is 0 Å². The van der Waals surface area contributed by atoms with Crippen LogP contribution < -0.4 is 4.90 Å². The number of hydrogen-bond donors (Lipinski definition) is 0. The first-order valence-corrected chi connectivity index (χ1v) is 5.81. The fourth-order valence-electron chi connectivity index (χ4n) is 1.38. The SMILES string of the molecule is CCOC(=O)/C=C/C(=O)N(C)c1ccc(F)c(C#N)c1. The molecule has 1 aromatic carbocycles. The highest BCUT2D eigenvalue weighted by Gasteiger charge is 2.11. The molecule has 5 nitrogen and oxygen atoms in total. The summed E-state index contributed by atoms with van der Waals surface area (Å²) in [6, 6.07) is 5.42. The van der Waals surface area contributed by atoms with Crippen LogP contribution in [0.1, 0.15) is 12.5 Å². The molecule has 1 rings (SSSR count). The summed E-state index contributed by atoms with van der Waals surface area (Å²) in [6.07, 6.45) is 2.06. The van der Waals surface area contributed by atoms with E-state index in [0.717, 1.165) is 18.2 Å². The molecule has 0 aliphatic heterocycles. The lowest BCUT2D eigenvalue weighted by Crippen LogP contribution is -2.24. The number of nitrogens with zero attached hydrogens (tertiary/aromatic N) is 2. The van der Waals surface area contributed by atoms with E-state index in [-0.39, 0.29) is 12.2 Å². The third kappa shape index (κ3) is 3.92. The second-order valence-electron chi connectivity index (χ2n) is 3.76. The van der Waals surface area contributed by atoms with Gasteiger partial charge < -0.3 is 9.64 Å². The quantitative estimate of drug-likeness (QED) is 0.621. The first-order chi connectivity index (χ1) is 9.49. The van der Waals surface area contributed by atoms with Gasteiger partial charge in [0, 0.05) is 24.9 Å². The summed E-state index contributed by atoms with van der Waals surface area (Å²) in [5.74, 6) is -1.77. The van der Waals surface area contributed by atoms with Crippen molar-refractivity contribution in [1.29, 1.82) is 5.26 Å². The topological polar surface area (TPSA) is 70.4 Å². The number of amides is 1. The van der Waals surface area contributed by atoms with Crippen LogP contribution in [-0.4, -0.2) is 25.5 Å². The van der Waals surface area contributed by atoms with E-state index < -0.39 is 17.7 Å². The Balaban J connectivity index is 2.85. The van der Waals surface area contributed by atoms with Crippen molar-refractivity contribution >= 4 is 17.6 Å². The molecule has 1 aromatic rings. The number of nitriles is 1. The number of benzene rings is 1. The number of ether oxygens (including phenoxy) is 1. The van der Waals surface area contributed by atoms with Gasteiger partial charge in [-0.3, -0.25) is 4.79 Å². The van der Waals surface area contributed by atoms with Gasteiger partial charge in [-0.25, -0.2) is 9.18 Å². The van der Waals surface area contributed by atoms with Crippen LogP contribution in [0.25, 0.3) is 0 Å². The van der Waals surface area contributed by atoms with Gasteiger partial charge in [-0.2, -0.15) is 5.26 Å². The van der Waals surface area contributed by atoms with E-state index in [1.54, 1.807) is 13.0 Å². The molecule has 0 aliphatic rings. The molecule has 0 saturated carbocycles. The van der Waals surface area contributed by atoms with Crippen LogP contribution in [0.3, 0.4) is 0 Å². The summed E-state index contributed by atoms with van der Waals surface area (Å²) in [5, 5.41) is 8.73. The van der Waals surface area contributed by atoms with Gasteiger partial charge in [0.1, 0.15) is 11.9 Å². The molecule has 0 fully saturated rings. The Morgan fingerprint density at radius 2 is 2.15 bits per heavy atom. The van der Waals surface area contributed by atoms with Crippen LogP contribution in [0.5, 0.6) is 0 Å². The zero-order valence-electron chi connectivity index (χ0n) is 11.1. The van der Waals surface area contributed by atoms with Crippen LogP contribution >= 0.6 is 0 Å². The Kier molecular flexibility index (Phi) is 5.42. The first kappa shape index (κ1) is 15.4. The maximum atomic E-state index is 13.2. The van der Waals surface area contributed by atoms with Crippen molar-refractivity contribution in [3.05, 3.63) is 41.7 Å². The molecule has 0 saturated heterocycles. The molecule has 0 bridgehead atoms. The molecule has 104 valence electrons. The highest BCUT2D eigenvalue weighted by Crippen LogP contribution is 2.17. The number of rotatable bonds is 4. The molecule has 0 unspecified atom stereocenters. The average Bonchev–Trinajstić information content (AvgIpc) is 2.44. The molecule has 0 spiro atoms. The van der Waals surface area contributed by atoms with Gasteiger partial charge in [-0.15, -0.1) is 0 Å². The zero-order chi connectivity index (χ0) is 15.1. The summed E-state index contributed by atoms with van der Waals surface area (Å²) in [5.41, 5.74) is 0.193. The molecule has 0 aromatic heterocycles. The number of anilines is 1. The second kappa shape index (κ2) is 7.04. The molecule has 0 heterocycles. The van der Waals surface area contributed by atoms with Crippen LogP contribution in [-0.2, 0) is 14.3 Å². The maximum Gasteiger partial charge on any atom is 0.330 e. The van der Waals surface area contributed by atoms with Crippen molar-refractivity contribution < 1.29 is 18.7 Å². The standard InChI is InChI=1S/C14H13FN2O3/c1-3-20-14(19)7-6-13(18)17(2)11-4-5-12(15)10(8-11)9-16/h4-8H,3H2,1-2H3/b7-6+. The number of esters is 1. The number of carbonyl (C=O) groups is 2. The molecule has 1 amide bonds. The average molecular weight is 276 g/mol. The van der Waals surface area contributed by atoms with Crippen LogP contribution in [0.4, 0.5) is 10.1 Å². The summed E-state index contributed by atoms with van der Waals surface area (Å²) >= 11 is 0. The predicted octanol–water partition coefficient (Wildman–Crippen LogP) is 1.78. The zero-order valence-corrected chi connectivity index (χ0v) is 11.1. The molecule has 0 N–H and O–H groups in total. The monoisotopic (exact) mass is 276 g/mol. The molecular formula is C14H13FN2O3. The van der Waals surface area contributed by atoms with E-state index in [1.165, 1.54) is 24.1 Å². The Morgan fingerprint density at radius 3 is 2.75 bits per heavy atom. The molecule has 0 aliphatic carbocycles. The third-order valence-electron chi connectivity index (χ3n) is 2.44. The number of carbonyl (C=O) groups excluding carboxylic acids is 2. The lowest BCUT2D eigenvalue weighted by atomic mass is 10.2. The van der Waals surface area contributed by atoms with Gasteiger partial charge >= 0.3 is 5.97 Å². The van der Waals surface area contributed by atoms with E-state index in [1.807, 2.05) is 0 Å². The predicted molar refractivity (Wildman–Crippen MR) is 70.3 cm³/mol. The number of halogens is 1. The van der Waals surface area contributed by atoms with Crippen molar-refractivity contribution in [2.45, 2.75) is 6.92 Å². The lowest BCUT2D eigenvalue weighted by molar-refractivity contribution is -0.137. The Bertz CT molecular complexity index is 591. The normalized spacial score (nSPS) is 10.1. The van der Waals surface area contributed by atoms with Gasteiger partial charge in [0.25, 0.3) is 5.91 Å². The van der Waals surface area contributed by atoms with Crippen molar-refractivity contribution in [3.8, 4) is 6.07 Å². The minimum absolute atomic E-state index is 0.156. The van der Waals surface area contributed by atoms with Gasteiger partial charge in [0.2, 0.25) is 0 Å². The summed E-state index contributed by atoms with van der Waals surface area (Å²) in [6.45, 7) is 1.87. The molecule has 6 heteroatoms. The van der Waals surface area contributed by atoms with Crippen molar-refractivity contribution in [2.75, 3.05) is 18.6 Å². The summed E-state index contributed by atoms with van der Waals surface area (Å²) < 4.78 is 17.8. The Morgan fingerprint density at radius 1 is 1.45 bits per heavy atom. The second-order valence-corrected chi connectivity index (χ2v) is 3.76.